The van der Waals surface area contributed by atoms with Crippen molar-refractivity contribution in [1.82, 2.24) is 5.32 Å². The van der Waals surface area contributed by atoms with Crippen molar-refractivity contribution in [2.45, 2.75) is 18.9 Å². The molecule has 1 saturated heterocycles. The van der Waals surface area contributed by atoms with E-state index >= 15 is 0 Å². The van der Waals surface area contributed by atoms with Gasteiger partial charge in [0.1, 0.15) is 0 Å². The van der Waals surface area contributed by atoms with Gasteiger partial charge in [-0.1, -0.05) is 0 Å². The summed E-state index contributed by atoms with van der Waals surface area (Å²) < 4.78 is 22.5. The molecule has 0 radical (unpaired) electrons. The van der Waals surface area contributed by atoms with Crippen molar-refractivity contribution in [2.75, 3.05) is 30.1 Å². The van der Waals surface area contributed by atoms with Crippen molar-refractivity contribution in [1.29, 1.82) is 0 Å². The molecule has 0 aromatic carbocycles. The molecule has 1 heterocycles. The van der Waals surface area contributed by atoms with Crippen molar-refractivity contribution in [3.05, 3.63) is 0 Å². The molecule has 1 fully saturated rings. The molecule has 13 heavy (non-hydrogen) atoms. The SMILES string of the molecule is CSCCNC1(C)CCS(=O)(=O)C1. The van der Waals surface area contributed by atoms with Crippen molar-refractivity contribution < 1.29 is 8.42 Å². The largest absolute Gasteiger partial charge is 0.310 e. The fourth-order valence-corrected chi connectivity index (χ4v) is 4.03. The van der Waals surface area contributed by atoms with Crippen LogP contribution in [-0.4, -0.2) is 44.0 Å². The minimum Gasteiger partial charge on any atom is -0.310 e. The Morgan fingerprint density at radius 3 is 2.69 bits per heavy atom. The predicted octanol–water partition coefficient (Wildman–Crippen LogP) is 0.516. The molecule has 1 N–H and O–H groups in total. The van der Waals surface area contributed by atoms with Crippen LogP contribution in [0, 0.1) is 0 Å². The molecule has 5 heteroatoms. The van der Waals surface area contributed by atoms with Gasteiger partial charge in [-0.25, -0.2) is 8.42 Å². The molecule has 1 atom stereocenters. The molecule has 0 aliphatic carbocycles. The molecule has 1 aliphatic rings. The van der Waals surface area contributed by atoms with Crippen LogP contribution in [0.15, 0.2) is 0 Å². The van der Waals surface area contributed by atoms with Crippen LogP contribution in [0.5, 0.6) is 0 Å². The zero-order valence-electron chi connectivity index (χ0n) is 8.17. The van der Waals surface area contributed by atoms with Crippen LogP contribution in [-0.2, 0) is 9.84 Å². The Hall–Kier alpha value is 0.260. The van der Waals surface area contributed by atoms with Crippen LogP contribution in [0.25, 0.3) is 0 Å². The number of sulfone groups is 1. The Bertz CT molecular complexity index is 263. The summed E-state index contributed by atoms with van der Waals surface area (Å²) in [5, 5.41) is 3.31. The summed E-state index contributed by atoms with van der Waals surface area (Å²) in [6.45, 7) is 2.89. The number of nitrogens with one attached hydrogen (secondary N) is 1. The molecule has 0 bridgehead atoms. The van der Waals surface area contributed by atoms with Gasteiger partial charge < -0.3 is 5.32 Å². The second kappa shape index (κ2) is 4.19. The van der Waals surface area contributed by atoms with Gasteiger partial charge in [0.15, 0.2) is 9.84 Å². The summed E-state index contributed by atoms with van der Waals surface area (Å²) in [4.78, 5) is 0. The highest BCUT2D eigenvalue weighted by Crippen LogP contribution is 2.22. The van der Waals surface area contributed by atoms with Gasteiger partial charge in [0.05, 0.1) is 11.5 Å². The summed E-state index contributed by atoms with van der Waals surface area (Å²) >= 11 is 1.77. The van der Waals surface area contributed by atoms with E-state index in [1.165, 1.54) is 0 Å². The molecular formula is C8H17NO2S2. The van der Waals surface area contributed by atoms with E-state index in [1.54, 1.807) is 11.8 Å². The first kappa shape index (κ1) is 11.3. The average Bonchev–Trinajstić information content (AvgIpc) is 2.27. The Morgan fingerprint density at radius 2 is 2.23 bits per heavy atom. The maximum absolute atomic E-state index is 11.2. The summed E-state index contributed by atoms with van der Waals surface area (Å²) in [5.74, 6) is 1.68. The standard InChI is InChI=1S/C8H17NO2S2/c1-8(9-4-5-12-2)3-6-13(10,11)7-8/h9H,3-7H2,1-2H3. The van der Waals surface area contributed by atoms with Gasteiger partial charge in [-0.3, -0.25) is 0 Å². The van der Waals surface area contributed by atoms with Crippen molar-refractivity contribution >= 4 is 21.6 Å². The van der Waals surface area contributed by atoms with E-state index in [9.17, 15) is 8.42 Å². The molecule has 1 rings (SSSR count). The lowest BCUT2D eigenvalue weighted by atomic mass is 10.0. The molecule has 3 nitrogen and oxygen atoms in total. The van der Waals surface area contributed by atoms with Crippen molar-refractivity contribution in [3.63, 3.8) is 0 Å². The minimum absolute atomic E-state index is 0.172. The maximum Gasteiger partial charge on any atom is 0.152 e. The second-order valence-corrected chi connectivity index (χ2v) is 6.99. The van der Waals surface area contributed by atoms with Gasteiger partial charge in [0, 0.05) is 17.8 Å². The first-order valence-electron chi connectivity index (χ1n) is 4.42. The molecule has 0 aromatic rings. The van der Waals surface area contributed by atoms with Crippen LogP contribution >= 0.6 is 11.8 Å². The lowest BCUT2D eigenvalue weighted by Gasteiger charge is -2.23. The normalized spacial score (nSPS) is 32.2. The smallest absolute Gasteiger partial charge is 0.152 e. The maximum atomic E-state index is 11.2. The fraction of sp³-hybridized carbons (Fsp3) is 1.00. The first-order valence-corrected chi connectivity index (χ1v) is 7.63. The highest BCUT2D eigenvalue weighted by molar-refractivity contribution is 7.98. The Balaban J connectivity index is 2.41. The van der Waals surface area contributed by atoms with E-state index in [0.29, 0.717) is 11.5 Å². The van der Waals surface area contributed by atoms with E-state index < -0.39 is 9.84 Å². The Labute approximate surface area is 84.6 Å². The molecule has 0 saturated carbocycles. The first-order chi connectivity index (χ1) is 5.97. The zero-order valence-corrected chi connectivity index (χ0v) is 9.80. The van der Waals surface area contributed by atoms with Crippen LogP contribution in [0.2, 0.25) is 0 Å². The minimum atomic E-state index is -2.76. The lowest BCUT2D eigenvalue weighted by Crippen LogP contribution is -2.44. The summed E-state index contributed by atoms with van der Waals surface area (Å²) in [7, 11) is -2.76. The van der Waals surface area contributed by atoms with E-state index in [1.807, 2.05) is 6.92 Å². The Kier molecular flexibility index (Phi) is 3.65. The van der Waals surface area contributed by atoms with Crippen molar-refractivity contribution in [2.24, 2.45) is 0 Å². The lowest BCUT2D eigenvalue weighted by molar-refractivity contribution is 0.410. The number of hydrogen-bond donors (Lipinski definition) is 1. The van der Waals surface area contributed by atoms with Gasteiger partial charge in [-0.15, -0.1) is 0 Å². The van der Waals surface area contributed by atoms with E-state index in [2.05, 4.69) is 11.6 Å². The van der Waals surface area contributed by atoms with Crippen LogP contribution < -0.4 is 5.32 Å². The van der Waals surface area contributed by atoms with E-state index in [-0.39, 0.29) is 5.54 Å². The monoisotopic (exact) mass is 223 g/mol. The van der Waals surface area contributed by atoms with Crippen LogP contribution in [0.1, 0.15) is 13.3 Å². The second-order valence-electron chi connectivity index (χ2n) is 3.82. The molecular weight excluding hydrogens is 206 g/mol. The average molecular weight is 223 g/mol. The molecule has 1 aliphatic heterocycles. The third-order valence-electron chi connectivity index (χ3n) is 2.36. The summed E-state index contributed by atoms with van der Waals surface area (Å²) in [6, 6.07) is 0. The topological polar surface area (TPSA) is 46.2 Å². The van der Waals surface area contributed by atoms with Gasteiger partial charge in [0.2, 0.25) is 0 Å². The van der Waals surface area contributed by atoms with Crippen molar-refractivity contribution in [3.8, 4) is 0 Å². The highest BCUT2D eigenvalue weighted by Gasteiger charge is 2.37. The highest BCUT2D eigenvalue weighted by atomic mass is 32.2. The number of thioether (sulfide) groups is 1. The summed E-state index contributed by atoms with van der Waals surface area (Å²) in [5.41, 5.74) is -0.172. The summed E-state index contributed by atoms with van der Waals surface area (Å²) in [6.07, 6.45) is 2.80. The van der Waals surface area contributed by atoms with E-state index in [0.717, 1.165) is 18.7 Å². The fourth-order valence-electron chi connectivity index (χ4n) is 1.60. The molecule has 0 amide bonds. The van der Waals surface area contributed by atoms with Gasteiger partial charge in [0.25, 0.3) is 0 Å². The molecule has 78 valence electrons. The quantitative estimate of drug-likeness (QED) is 0.706. The third-order valence-corrected chi connectivity index (χ3v) is 4.88. The van der Waals surface area contributed by atoms with Crippen LogP contribution in [0.4, 0.5) is 0 Å². The van der Waals surface area contributed by atoms with Crippen LogP contribution in [0.3, 0.4) is 0 Å². The predicted molar refractivity (Wildman–Crippen MR) is 58.1 cm³/mol. The Morgan fingerprint density at radius 1 is 1.54 bits per heavy atom. The number of rotatable bonds is 4. The molecule has 0 aromatic heterocycles. The van der Waals surface area contributed by atoms with E-state index in [4.69, 9.17) is 0 Å². The molecule has 0 spiro atoms. The van der Waals surface area contributed by atoms with Gasteiger partial charge in [-0.2, -0.15) is 11.8 Å². The van der Waals surface area contributed by atoms with Gasteiger partial charge in [-0.05, 0) is 19.6 Å². The van der Waals surface area contributed by atoms with Gasteiger partial charge >= 0.3 is 0 Å². The molecule has 1 unspecified atom stereocenters. The third kappa shape index (κ3) is 3.48. The number of hydrogen-bond acceptors (Lipinski definition) is 4. The zero-order chi connectivity index (χ0) is 9.95.